The van der Waals surface area contributed by atoms with Crippen molar-refractivity contribution in [1.29, 1.82) is 0 Å². The van der Waals surface area contributed by atoms with Crippen LogP contribution in [-0.4, -0.2) is 35.3 Å². The summed E-state index contributed by atoms with van der Waals surface area (Å²) in [5.41, 5.74) is 0.322. The fourth-order valence-corrected chi connectivity index (χ4v) is 4.22. The summed E-state index contributed by atoms with van der Waals surface area (Å²) in [5, 5.41) is 7.58. The topological polar surface area (TPSA) is 142 Å². The van der Waals surface area contributed by atoms with Gasteiger partial charge in [-0.1, -0.05) is 0 Å². The molecule has 37 heavy (non-hydrogen) atoms. The van der Waals surface area contributed by atoms with Crippen LogP contribution in [0.5, 0.6) is 0 Å². The minimum Gasteiger partial charge on any atom is -0.454 e. The summed E-state index contributed by atoms with van der Waals surface area (Å²) in [6.07, 6.45) is 0.753. The number of alkyl halides is 3. The molecule has 0 fully saturated rings. The number of anilines is 1. The van der Waals surface area contributed by atoms with Gasteiger partial charge in [0.2, 0.25) is 5.76 Å². The molecule has 3 heterocycles. The molecule has 0 aromatic carbocycles. The molecule has 4 rings (SSSR count). The number of hydrogen-bond acceptors (Lipinski definition) is 8. The summed E-state index contributed by atoms with van der Waals surface area (Å²) in [7, 11) is -4.17. The fraction of sp³-hybridized carbons (Fsp3) is 0.318. The van der Waals surface area contributed by atoms with Gasteiger partial charge in [0.1, 0.15) is 23.7 Å². The van der Waals surface area contributed by atoms with E-state index in [0.29, 0.717) is 0 Å². The first-order chi connectivity index (χ1) is 17.3. The van der Waals surface area contributed by atoms with Gasteiger partial charge in [-0.3, -0.25) is 8.98 Å². The molecule has 1 aliphatic carbocycles. The molecule has 3 aromatic rings. The van der Waals surface area contributed by atoms with Crippen LogP contribution in [0.4, 0.5) is 23.4 Å². The standard InChI is InChI=1S/C22H21F4N5O5S/c1-12(18-2-3-19(36-18)22(24,25)26)31-5-4-14(9-31)20(32)15-8-28-11-29-21(15)30-17-7-13(6-16(17)23)10-35-37(27,33)34/h2-5,8-9,11-13H,6-7,10H2,1H3,(H2,27,33,34)(H,28,29,30)/t12?,13-/m1/s1. The van der Waals surface area contributed by atoms with E-state index < -0.39 is 45.8 Å². The van der Waals surface area contributed by atoms with E-state index in [4.69, 9.17) is 9.56 Å². The van der Waals surface area contributed by atoms with E-state index in [0.717, 1.165) is 12.4 Å². The van der Waals surface area contributed by atoms with E-state index in [-0.39, 0.29) is 47.9 Å². The lowest BCUT2D eigenvalue weighted by molar-refractivity contribution is -0.153. The number of allylic oxidation sites excluding steroid dienone is 2. The van der Waals surface area contributed by atoms with Crippen LogP contribution in [0.25, 0.3) is 0 Å². The molecule has 3 aromatic heterocycles. The first kappa shape index (κ1) is 26.5. The number of aromatic nitrogens is 3. The molecule has 0 aliphatic heterocycles. The van der Waals surface area contributed by atoms with Crippen LogP contribution < -0.4 is 10.5 Å². The van der Waals surface area contributed by atoms with Gasteiger partial charge in [-0.05, 0) is 37.5 Å². The molecular formula is C22H21F4N5O5S. The number of ketones is 1. The monoisotopic (exact) mass is 543 g/mol. The van der Waals surface area contributed by atoms with E-state index in [9.17, 15) is 30.8 Å². The van der Waals surface area contributed by atoms with Crippen LogP contribution in [0.15, 0.2) is 59.1 Å². The van der Waals surface area contributed by atoms with Gasteiger partial charge in [0.15, 0.2) is 5.78 Å². The number of halogens is 4. The Bertz CT molecular complexity index is 1450. The number of nitrogens with zero attached hydrogens (tertiary/aromatic N) is 3. The smallest absolute Gasteiger partial charge is 0.449 e. The van der Waals surface area contributed by atoms with Gasteiger partial charge in [-0.25, -0.2) is 19.5 Å². The molecule has 0 spiro atoms. The molecule has 0 radical (unpaired) electrons. The number of nitrogens with two attached hydrogens (primary N) is 1. The Morgan fingerprint density at radius 3 is 2.76 bits per heavy atom. The molecule has 1 aliphatic rings. The third-order valence-electron chi connectivity index (χ3n) is 5.72. The third-order valence-corrected chi connectivity index (χ3v) is 6.19. The lowest BCUT2D eigenvalue weighted by atomic mass is 10.1. The second-order valence-corrected chi connectivity index (χ2v) is 9.62. The summed E-state index contributed by atoms with van der Waals surface area (Å²) in [6.45, 7) is 1.30. The van der Waals surface area contributed by atoms with Crippen molar-refractivity contribution in [3.8, 4) is 0 Å². The fourth-order valence-electron chi connectivity index (χ4n) is 3.83. The zero-order valence-electron chi connectivity index (χ0n) is 19.2. The number of hydrogen-bond donors (Lipinski definition) is 2. The molecule has 0 saturated carbocycles. The molecule has 0 amide bonds. The summed E-state index contributed by atoms with van der Waals surface area (Å²) in [6, 6.07) is 2.88. The Morgan fingerprint density at radius 1 is 1.32 bits per heavy atom. The van der Waals surface area contributed by atoms with Crippen molar-refractivity contribution in [2.75, 3.05) is 11.9 Å². The Hall–Kier alpha value is -3.56. The average Bonchev–Trinajstić information content (AvgIpc) is 3.57. The summed E-state index contributed by atoms with van der Waals surface area (Å²) in [5.74, 6) is -2.59. The largest absolute Gasteiger partial charge is 0.454 e. The van der Waals surface area contributed by atoms with E-state index in [1.807, 2.05) is 0 Å². The molecular weight excluding hydrogens is 522 g/mol. The number of furan rings is 1. The lowest BCUT2D eigenvalue weighted by Gasteiger charge is -2.12. The number of rotatable bonds is 9. The van der Waals surface area contributed by atoms with E-state index >= 15 is 0 Å². The molecule has 0 saturated heterocycles. The van der Waals surface area contributed by atoms with Crippen LogP contribution in [0.2, 0.25) is 0 Å². The van der Waals surface area contributed by atoms with Crippen molar-refractivity contribution < 1.29 is 39.4 Å². The maximum atomic E-state index is 14.5. The van der Waals surface area contributed by atoms with Crippen LogP contribution in [0, 0.1) is 5.92 Å². The molecule has 2 atom stereocenters. The highest BCUT2D eigenvalue weighted by atomic mass is 32.2. The van der Waals surface area contributed by atoms with Crippen LogP contribution in [0.1, 0.15) is 53.2 Å². The van der Waals surface area contributed by atoms with E-state index in [1.165, 1.54) is 35.3 Å². The highest BCUT2D eigenvalue weighted by Gasteiger charge is 2.35. The van der Waals surface area contributed by atoms with Gasteiger partial charge < -0.3 is 14.3 Å². The predicted octanol–water partition coefficient (Wildman–Crippen LogP) is 3.95. The van der Waals surface area contributed by atoms with Gasteiger partial charge in [-0.15, -0.1) is 0 Å². The van der Waals surface area contributed by atoms with Crippen molar-refractivity contribution in [3.05, 3.63) is 77.3 Å². The molecule has 3 N–H and O–H groups in total. The molecule has 10 nitrogen and oxygen atoms in total. The van der Waals surface area contributed by atoms with Gasteiger partial charge in [-0.2, -0.15) is 21.6 Å². The zero-order valence-corrected chi connectivity index (χ0v) is 20.0. The summed E-state index contributed by atoms with van der Waals surface area (Å²) in [4.78, 5) is 21.1. The average molecular weight is 543 g/mol. The summed E-state index contributed by atoms with van der Waals surface area (Å²) >= 11 is 0. The number of carbonyl (C=O) groups excluding carboxylic acids is 1. The summed E-state index contributed by atoms with van der Waals surface area (Å²) < 4.78 is 86.0. The maximum absolute atomic E-state index is 14.5. The second-order valence-electron chi connectivity index (χ2n) is 8.40. The first-order valence-corrected chi connectivity index (χ1v) is 12.3. The Labute approximate surface area is 208 Å². The van der Waals surface area contributed by atoms with Crippen molar-refractivity contribution in [2.24, 2.45) is 11.1 Å². The van der Waals surface area contributed by atoms with Crippen molar-refractivity contribution in [1.82, 2.24) is 14.5 Å². The van der Waals surface area contributed by atoms with Crippen LogP contribution in [-0.2, 0) is 20.7 Å². The molecule has 0 bridgehead atoms. The zero-order chi connectivity index (χ0) is 27.0. The SMILES string of the molecule is CC(c1ccc(C(F)(F)F)o1)n1ccc(C(=O)c2cncnc2NC2=C(F)C[C@@H](COS(N)(=O)=O)C2)c1. The Kier molecular flexibility index (Phi) is 7.21. The maximum Gasteiger partial charge on any atom is 0.449 e. The highest BCUT2D eigenvalue weighted by Crippen LogP contribution is 2.35. The normalized spacial score (nSPS) is 17.3. The molecule has 1 unspecified atom stereocenters. The predicted molar refractivity (Wildman–Crippen MR) is 121 cm³/mol. The van der Waals surface area contributed by atoms with Gasteiger partial charge >= 0.3 is 16.5 Å². The van der Waals surface area contributed by atoms with Crippen molar-refractivity contribution in [2.45, 2.75) is 32.0 Å². The van der Waals surface area contributed by atoms with Crippen LogP contribution in [0.3, 0.4) is 0 Å². The van der Waals surface area contributed by atoms with Gasteiger partial charge in [0.25, 0.3) is 0 Å². The molecule has 15 heteroatoms. The lowest BCUT2D eigenvalue weighted by Crippen LogP contribution is -2.20. The van der Waals surface area contributed by atoms with Crippen molar-refractivity contribution in [3.63, 3.8) is 0 Å². The van der Waals surface area contributed by atoms with Gasteiger partial charge in [0.05, 0.1) is 18.2 Å². The van der Waals surface area contributed by atoms with Crippen LogP contribution >= 0.6 is 0 Å². The van der Waals surface area contributed by atoms with Crippen molar-refractivity contribution >= 4 is 21.9 Å². The highest BCUT2D eigenvalue weighted by molar-refractivity contribution is 7.84. The number of carbonyl (C=O) groups is 1. The minimum atomic E-state index is -4.62. The quantitative estimate of drug-likeness (QED) is 0.305. The second kappa shape index (κ2) is 10.1. The number of nitrogens with one attached hydrogen (secondary N) is 1. The third kappa shape index (κ3) is 6.23. The Morgan fingerprint density at radius 2 is 2.08 bits per heavy atom. The Balaban J connectivity index is 1.49. The minimum absolute atomic E-state index is 0.0230. The van der Waals surface area contributed by atoms with E-state index in [2.05, 4.69) is 19.5 Å². The first-order valence-electron chi connectivity index (χ1n) is 10.8. The van der Waals surface area contributed by atoms with Gasteiger partial charge in [0, 0.05) is 36.3 Å². The van der Waals surface area contributed by atoms with E-state index in [1.54, 1.807) is 6.92 Å². The molecule has 198 valence electrons.